The van der Waals surface area contributed by atoms with Crippen molar-refractivity contribution in [1.82, 2.24) is 4.98 Å². The Morgan fingerprint density at radius 1 is 1.21 bits per heavy atom. The van der Waals surface area contributed by atoms with Crippen molar-refractivity contribution in [1.29, 1.82) is 0 Å². The Morgan fingerprint density at radius 3 is 2.62 bits per heavy atom. The second-order valence-electron chi connectivity index (χ2n) is 4.85. The minimum Gasteiger partial charge on any atom is -0.478 e. The van der Waals surface area contributed by atoms with Crippen LogP contribution in [0.5, 0.6) is 0 Å². The van der Waals surface area contributed by atoms with Gasteiger partial charge in [-0.1, -0.05) is 6.07 Å². The van der Waals surface area contributed by atoms with Crippen LogP contribution in [0, 0.1) is 10.1 Å². The zero-order valence-electron chi connectivity index (χ0n) is 12.2. The Morgan fingerprint density at radius 2 is 1.96 bits per heavy atom. The molecule has 2 N–H and O–H groups in total. The maximum atomic E-state index is 11.0. The number of anilines is 2. The van der Waals surface area contributed by atoms with Crippen molar-refractivity contribution < 1.29 is 14.8 Å². The van der Waals surface area contributed by atoms with Crippen molar-refractivity contribution in [3.63, 3.8) is 0 Å². The van der Waals surface area contributed by atoms with Crippen LogP contribution in [0.25, 0.3) is 11.3 Å². The molecule has 0 atom stereocenters. The van der Waals surface area contributed by atoms with Crippen LogP contribution in [0.2, 0.25) is 0 Å². The number of thiazole rings is 1. The van der Waals surface area contributed by atoms with Crippen LogP contribution in [0.15, 0.2) is 53.9 Å². The van der Waals surface area contributed by atoms with E-state index in [1.807, 2.05) is 5.38 Å². The standard InChI is InChI=1S/C16H11N3O4S/c20-15(21)11-2-1-3-12(8-11)17-16-18-14(9-24-16)10-4-6-13(7-5-10)19(22)23/h1-9H,(H,17,18)(H,20,21). The fraction of sp³-hybridized carbons (Fsp3) is 0. The van der Waals surface area contributed by atoms with Crippen LogP contribution >= 0.6 is 11.3 Å². The van der Waals surface area contributed by atoms with E-state index in [4.69, 9.17) is 5.11 Å². The molecule has 0 amide bonds. The summed E-state index contributed by atoms with van der Waals surface area (Å²) in [6, 6.07) is 12.6. The summed E-state index contributed by atoms with van der Waals surface area (Å²) in [7, 11) is 0. The van der Waals surface area contributed by atoms with Crippen molar-refractivity contribution in [3.05, 3.63) is 69.6 Å². The fourth-order valence-electron chi connectivity index (χ4n) is 2.07. The number of nitrogens with one attached hydrogen (secondary N) is 1. The van der Waals surface area contributed by atoms with E-state index in [1.165, 1.54) is 35.6 Å². The molecule has 2 aromatic carbocycles. The summed E-state index contributed by atoms with van der Waals surface area (Å²) in [5.74, 6) is -0.996. The van der Waals surface area contributed by atoms with Crippen LogP contribution in [0.3, 0.4) is 0 Å². The molecule has 0 aliphatic rings. The normalized spacial score (nSPS) is 10.3. The second kappa shape index (κ2) is 6.47. The van der Waals surface area contributed by atoms with Crippen molar-refractivity contribution in [2.45, 2.75) is 0 Å². The van der Waals surface area contributed by atoms with Gasteiger partial charge in [-0.3, -0.25) is 10.1 Å². The molecule has 0 saturated carbocycles. The molecule has 0 saturated heterocycles. The molecule has 0 spiro atoms. The predicted molar refractivity (Wildman–Crippen MR) is 90.9 cm³/mol. The highest BCUT2D eigenvalue weighted by Crippen LogP contribution is 2.28. The van der Waals surface area contributed by atoms with E-state index < -0.39 is 10.9 Å². The summed E-state index contributed by atoms with van der Waals surface area (Å²) in [5.41, 5.74) is 2.29. The van der Waals surface area contributed by atoms with Gasteiger partial charge in [-0.25, -0.2) is 9.78 Å². The van der Waals surface area contributed by atoms with E-state index in [-0.39, 0.29) is 11.3 Å². The first kappa shape index (κ1) is 15.6. The SMILES string of the molecule is O=C(O)c1cccc(Nc2nc(-c3ccc([N+](=O)[O-])cc3)cs2)c1. The van der Waals surface area contributed by atoms with Gasteiger partial charge in [0.1, 0.15) is 0 Å². The third-order valence-corrected chi connectivity index (χ3v) is 4.00. The Labute approximate surface area is 140 Å². The number of aromatic nitrogens is 1. The molecule has 1 heterocycles. The lowest BCUT2D eigenvalue weighted by Crippen LogP contribution is -1.97. The van der Waals surface area contributed by atoms with Crippen LogP contribution in [0.4, 0.5) is 16.5 Å². The van der Waals surface area contributed by atoms with Gasteiger partial charge in [-0.05, 0) is 30.3 Å². The molecular weight excluding hydrogens is 330 g/mol. The van der Waals surface area contributed by atoms with Gasteiger partial charge in [0.2, 0.25) is 0 Å². The number of carboxylic acids is 1. The Kier molecular flexibility index (Phi) is 4.21. The maximum Gasteiger partial charge on any atom is 0.335 e. The molecule has 3 rings (SSSR count). The van der Waals surface area contributed by atoms with Gasteiger partial charge in [0.15, 0.2) is 5.13 Å². The summed E-state index contributed by atoms with van der Waals surface area (Å²) in [5, 5.41) is 25.2. The number of carboxylic acid groups (broad SMARTS) is 1. The highest BCUT2D eigenvalue weighted by Gasteiger charge is 2.09. The van der Waals surface area contributed by atoms with E-state index >= 15 is 0 Å². The number of benzene rings is 2. The minimum atomic E-state index is -0.996. The van der Waals surface area contributed by atoms with E-state index in [0.29, 0.717) is 16.5 Å². The number of rotatable bonds is 5. The number of nitrogens with zero attached hydrogens (tertiary/aromatic N) is 2. The number of non-ortho nitro benzene ring substituents is 1. The summed E-state index contributed by atoms with van der Waals surface area (Å²) in [6.07, 6.45) is 0. The summed E-state index contributed by atoms with van der Waals surface area (Å²) < 4.78 is 0. The highest BCUT2D eigenvalue weighted by molar-refractivity contribution is 7.14. The quantitative estimate of drug-likeness (QED) is 0.533. The molecule has 7 nitrogen and oxygen atoms in total. The first-order valence-corrected chi connectivity index (χ1v) is 7.71. The Bertz CT molecular complexity index is 906. The second-order valence-corrected chi connectivity index (χ2v) is 5.71. The highest BCUT2D eigenvalue weighted by atomic mass is 32.1. The lowest BCUT2D eigenvalue weighted by molar-refractivity contribution is -0.384. The molecule has 0 bridgehead atoms. The molecule has 0 aliphatic carbocycles. The molecule has 0 radical (unpaired) electrons. The van der Waals surface area contributed by atoms with Crippen LogP contribution in [-0.4, -0.2) is 21.0 Å². The maximum absolute atomic E-state index is 11.0. The number of carbonyl (C=O) groups is 1. The number of nitro groups is 1. The van der Waals surface area contributed by atoms with E-state index in [2.05, 4.69) is 10.3 Å². The number of aromatic carboxylic acids is 1. The van der Waals surface area contributed by atoms with E-state index in [1.54, 1.807) is 24.3 Å². The average Bonchev–Trinajstić information content (AvgIpc) is 3.03. The van der Waals surface area contributed by atoms with Crippen molar-refractivity contribution >= 4 is 33.8 Å². The summed E-state index contributed by atoms with van der Waals surface area (Å²) in [4.78, 5) is 25.6. The first-order chi connectivity index (χ1) is 11.5. The van der Waals surface area contributed by atoms with Gasteiger partial charge in [0, 0.05) is 28.8 Å². The topological polar surface area (TPSA) is 105 Å². The summed E-state index contributed by atoms with van der Waals surface area (Å²) >= 11 is 1.36. The van der Waals surface area contributed by atoms with Gasteiger partial charge in [-0.15, -0.1) is 11.3 Å². The molecule has 0 fully saturated rings. The first-order valence-electron chi connectivity index (χ1n) is 6.83. The van der Waals surface area contributed by atoms with Crippen molar-refractivity contribution in [2.75, 3.05) is 5.32 Å². The van der Waals surface area contributed by atoms with Crippen LogP contribution in [-0.2, 0) is 0 Å². The Balaban J connectivity index is 1.79. The number of nitro benzene ring substituents is 1. The van der Waals surface area contributed by atoms with Gasteiger partial charge < -0.3 is 10.4 Å². The van der Waals surface area contributed by atoms with Crippen LogP contribution < -0.4 is 5.32 Å². The molecule has 120 valence electrons. The van der Waals surface area contributed by atoms with E-state index in [9.17, 15) is 14.9 Å². The zero-order valence-corrected chi connectivity index (χ0v) is 13.0. The average molecular weight is 341 g/mol. The molecule has 24 heavy (non-hydrogen) atoms. The zero-order chi connectivity index (χ0) is 17.1. The fourth-order valence-corrected chi connectivity index (χ4v) is 2.81. The predicted octanol–water partition coefficient (Wildman–Crippen LogP) is 4.16. The molecule has 8 heteroatoms. The van der Waals surface area contributed by atoms with Crippen molar-refractivity contribution in [3.8, 4) is 11.3 Å². The largest absolute Gasteiger partial charge is 0.478 e. The smallest absolute Gasteiger partial charge is 0.335 e. The van der Waals surface area contributed by atoms with Gasteiger partial charge >= 0.3 is 5.97 Å². The van der Waals surface area contributed by atoms with Crippen molar-refractivity contribution in [2.24, 2.45) is 0 Å². The number of hydrogen-bond acceptors (Lipinski definition) is 6. The monoisotopic (exact) mass is 341 g/mol. The molecule has 0 aliphatic heterocycles. The molecule has 1 aromatic heterocycles. The lowest BCUT2D eigenvalue weighted by atomic mass is 10.1. The minimum absolute atomic E-state index is 0.0258. The third kappa shape index (κ3) is 3.39. The molecular formula is C16H11N3O4S. The van der Waals surface area contributed by atoms with E-state index in [0.717, 1.165) is 5.56 Å². The molecule has 0 unspecified atom stereocenters. The van der Waals surface area contributed by atoms with Gasteiger partial charge in [0.05, 0.1) is 16.2 Å². The number of hydrogen-bond donors (Lipinski definition) is 2. The third-order valence-electron chi connectivity index (χ3n) is 3.24. The Hall–Kier alpha value is -3.26. The summed E-state index contributed by atoms with van der Waals surface area (Å²) in [6.45, 7) is 0. The molecule has 3 aromatic rings. The lowest BCUT2D eigenvalue weighted by Gasteiger charge is -2.03. The van der Waals surface area contributed by atoms with Crippen LogP contribution in [0.1, 0.15) is 10.4 Å². The van der Waals surface area contributed by atoms with Gasteiger partial charge in [0.25, 0.3) is 5.69 Å². The van der Waals surface area contributed by atoms with Gasteiger partial charge in [-0.2, -0.15) is 0 Å².